The van der Waals surface area contributed by atoms with Crippen LogP contribution in [0.25, 0.3) is 0 Å². The van der Waals surface area contributed by atoms with E-state index in [2.05, 4.69) is 14.7 Å². The third-order valence-electron chi connectivity index (χ3n) is 1.86. The first-order valence-corrected chi connectivity index (χ1v) is 3.81. The molecule has 0 N–H and O–H groups in total. The summed E-state index contributed by atoms with van der Waals surface area (Å²) >= 11 is 5.35. The summed E-state index contributed by atoms with van der Waals surface area (Å²) < 4.78 is 29.4. The van der Waals surface area contributed by atoms with Crippen LogP contribution in [0.2, 0.25) is 5.28 Å². The molecule has 0 saturated heterocycles. The van der Waals surface area contributed by atoms with Gasteiger partial charge in [0.2, 0.25) is 11.8 Å². The molecule has 0 aromatic carbocycles. The summed E-state index contributed by atoms with van der Waals surface area (Å²) in [5.41, 5.74) is 0. The minimum absolute atomic E-state index is 0.0276. The summed E-state index contributed by atoms with van der Waals surface area (Å²) in [4.78, 5) is 3.65. The van der Waals surface area contributed by atoms with Gasteiger partial charge in [0.1, 0.15) is 0 Å². The highest BCUT2D eigenvalue weighted by Gasteiger charge is 2.48. The third-order valence-corrected chi connectivity index (χ3v) is 2.01. The Balaban J connectivity index is 2.06. The van der Waals surface area contributed by atoms with Crippen LogP contribution in [0.1, 0.15) is 24.7 Å². The molecule has 0 aliphatic heterocycles. The lowest BCUT2D eigenvalue weighted by atomic mass is 9.81. The van der Waals surface area contributed by atoms with Crippen molar-refractivity contribution in [1.29, 1.82) is 0 Å². The Hall–Kier alpha value is -0.710. The topological polar surface area (TPSA) is 38.9 Å². The highest BCUT2D eigenvalue weighted by atomic mass is 35.5. The molecule has 1 aliphatic rings. The lowest BCUT2D eigenvalue weighted by molar-refractivity contribution is -0.0925. The molecule has 2 rings (SSSR count). The maximum Gasteiger partial charge on any atom is 0.263 e. The highest BCUT2D eigenvalue weighted by molar-refractivity contribution is 6.28. The molecular weight excluding hydrogens is 190 g/mol. The Kier molecular flexibility index (Phi) is 1.57. The van der Waals surface area contributed by atoms with E-state index in [0.717, 1.165) is 0 Å². The van der Waals surface area contributed by atoms with Crippen LogP contribution in [0, 0.1) is 0 Å². The molecule has 0 atom stereocenters. The Bertz CT molecular complexity index is 293. The molecule has 0 spiro atoms. The molecular formula is C6H5ClF2N2O. The first-order chi connectivity index (χ1) is 5.57. The zero-order valence-electron chi connectivity index (χ0n) is 5.93. The third kappa shape index (κ3) is 1.29. The Morgan fingerprint density at radius 1 is 1.50 bits per heavy atom. The smallest absolute Gasteiger partial charge is 0.263 e. The Labute approximate surface area is 71.7 Å². The average molecular weight is 195 g/mol. The van der Waals surface area contributed by atoms with Crippen molar-refractivity contribution in [3.63, 3.8) is 0 Å². The Morgan fingerprint density at radius 3 is 2.58 bits per heavy atom. The van der Waals surface area contributed by atoms with E-state index >= 15 is 0 Å². The van der Waals surface area contributed by atoms with Crippen molar-refractivity contribution in [2.75, 3.05) is 0 Å². The van der Waals surface area contributed by atoms with E-state index in [-0.39, 0.29) is 29.9 Å². The van der Waals surface area contributed by atoms with Crippen molar-refractivity contribution < 1.29 is 13.3 Å². The van der Waals surface area contributed by atoms with Gasteiger partial charge in [0.25, 0.3) is 5.28 Å². The molecule has 0 radical (unpaired) electrons. The molecule has 3 nitrogen and oxygen atoms in total. The SMILES string of the molecule is FC1(F)CC(c2nc(Cl)no2)C1. The number of halogens is 3. The molecule has 1 fully saturated rings. The molecule has 66 valence electrons. The van der Waals surface area contributed by atoms with Crippen LogP contribution in [0.3, 0.4) is 0 Å². The lowest BCUT2D eigenvalue weighted by Crippen LogP contribution is -2.33. The van der Waals surface area contributed by atoms with Gasteiger partial charge in [-0.3, -0.25) is 0 Å². The fraction of sp³-hybridized carbons (Fsp3) is 0.667. The second kappa shape index (κ2) is 2.39. The second-order valence-corrected chi connectivity index (χ2v) is 3.20. The number of nitrogens with zero attached hydrogens (tertiary/aromatic N) is 2. The van der Waals surface area contributed by atoms with Crippen LogP contribution in [0.15, 0.2) is 4.52 Å². The monoisotopic (exact) mass is 194 g/mol. The predicted molar refractivity (Wildman–Crippen MR) is 36.2 cm³/mol. The molecule has 1 aliphatic carbocycles. The summed E-state index contributed by atoms with van der Waals surface area (Å²) in [6.45, 7) is 0. The summed E-state index contributed by atoms with van der Waals surface area (Å²) in [5, 5.41) is 3.27. The molecule has 0 bridgehead atoms. The van der Waals surface area contributed by atoms with Gasteiger partial charge in [0.05, 0.1) is 0 Å². The highest BCUT2D eigenvalue weighted by Crippen LogP contribution is 2.47. The van der Waals surface area contributed by atoms with Crippen molar-refractivity contribution in [3.8, 4) is 0 Å². The van der Waals surface area contributed by atoms with Gasteiger partial charge in [0, 0.05) is 18.8 Å². The minimum atomic E-state index is -2.56. The predicted octanol–water partition coefficient (Wildman–Crippen LogP) is 2.24. The quantitative estimate of drug-likeness (QED) is 0.688. The van der Waals surface area contributed by atoms with Gasteiger partial charge in [-0.15, -0.1) is 0 Å². The van der Waals surface area contributed by atoms with Gasteiger partial charge in [-0.05, 0) is 16.8 Å². The summed E-state index contributed by atoms with van der Waals surface area (Å²) in [7, 11) is 0. The first-order valence-electron chi connectivity index (χ1n) is 3.44. The van der Waals surface area contributed by atoms with Crippen molar-refractivity contribution >= 4 is 11.6 Å². The fourth-order valence-corrected chi connectivity index (χ4v) is 1.34. The van der Waals surface area contributed by atoms with Gasteiger partial charge in [0.15, 0.2) is 0 Å². The van der Waals surface area contributed by atoms with Crippen LogP contribution in [0.5, 0.6) is 0 Å². The number of alkyl halides is 2. The molecule has 6 heteroatoms. The Morgan fingerprint density at radius 2 is 2.17 bits per heavy atom. The fourth-order valence-electron chi connectivity index (χ4n) is 1.22. The summed E-state index contributed by atoms with van der Waals surface area (Å²) in [5.74, 6) is -2.67. The van der Waals surface area contributed by atoms with Gasteiger partial charge in [-0.1, -0.05) is 0 Å². The van der Waals surface area contributed by atoms with E-state index in [0.29, 0.717) is 0 Å². The molecule has 1 aromatic rings. The molecule has 1 aromatic heterocycles. The van der Waals surface area contributed by atoms with E-state index in [1.54, 1.807) is 0 Å². The van der Waals surface area contributed by atoms with Gasteiger partial charge >= 0.3 is 0 Å². The zero-order valence-corrected chi connectivity index (χ0v) is 6.68. The first kappa shape index (κ1) is 7.91. The maximum atomic E-state index is 12.4. The van der Waals surface area contributed by atoms with Crippen molar-refractivity contribution in [3.05, 3.63) is 11.2 Å². The van der Waals surface area contributed by atoms with Crippen LogP contribution < -0.4 is 0 Å². The number of hydrogen-bond acceptors (Lipinski definition) is 3. The molecule has 0 amide bonds. The minimum Gasteiger partial charge on any atom is -0.338 e. The van der Waals surface area contributed by atoms with E-state index in [1.165, 1.54) is 0 Å². The number of aromatic nitrogens is 2. The zero-order chi connectivity index (χ0) is 8.77. The summed E-state index contributed by atoms with van der Waals surface area (Å²) in [6, 6.07) is 0. The molecule has 1 heterocycles. The van der Waals surface area contributed by atoms with Crippen LogP contribution >= 0.6 is 11.6 Å². The van der Waals surface area contributed by atoms with E-state index in [1.807, 2.05) is 0 Å². The number of rotatable bonds is 1. The maximum absolute atomic E-state index is 12.4. The van der Waals surface area contributed by atoms with E-state index in [4.69, 9.17) is 11.6 Å². The molecule has 0 unspecified atom stereocenters. The van der Waals surface area contributed by atoms with Crippen LogP contribution in [0.4, 0.5) is 8.78 Å². The molecule has 1 saturated carbocycles. The lowest BCUT2D eigenvalue weighted by Gasteiger charge is -2.31. The van der Waals surface area contributed by atoms with Crippen molar-refractivity contribution in [2.24, 2.45) is 0 Å². The van der Waals surface area contributed by atoms with E-state index in [9.17, 15) is 8.78 Å². The normalized spacial score (nSPS) is 22.2. The molecule has 12 heavy (non-hydrogen) atoms. The van der Waals surface area contributed by atoms with Gasteiger partial charge in [-0.25, -0.2) is 8.78 Å². The van der Waals surface area contributed by atoms with Crippen LogP contribution in [-0.4, -0.2) is 16.1 Å². The standard InChI is InChI=1S/C6H5ClF2N2O/c7-5-10-4(12-11-5)3-1-6(8,9)2-3/h3H,1-2H2. The summed E-state index contributed by atoms with van der Waals surface area (Å²) in [6.07, 6.45) is -0.433. The van der Waals surface area contributed by atoms with Crippen molar-refractivity contribution in [1.82, 2.24) is 10.1 Å². The average Bonchev–Trinajstić information content (AvgIpc) is 2.30. The number of hydrogen-bond donors (Lipinski definition) is 0. The van der Waals surface area contributed by atoms with Crippen molar-refractivity contribution in [2.45, 2.75) is 24.7 Å². The van der Waals surface area contributed by atoms with Gasteiger partial charge < -0.3 is 4.52 Å². The van der Waals surface area contributed by atoms with Gasteiger partial charge in [-0.2, -0.15) is 4.98 Å². The second-order valence-electron chi connectivity index (χ2n) is 2.86. The largest absolute Gasteiger partial charge is 0.338 e. The van der Waals surface area contributed by atoms with Crippen LogP contribution in [-0.2, 0) is 0 Å². The van der Waals surface area contributed by atoms with E-state index < -0.39 is 5.92 Å².